The van der Waals surface area contributed by atoms with Crippen molar-refractivity contribution >= 4 is 33.0 Å². The van der Waals surface area contributed by atoms with Crippen LogP contribution >= 0.6 is 0 Å². The minimum absolute atomic E-state index is 0.0125. The Morgan fingerprint density at radius 1 is 0.867 bits per heavy atom. The molecule has 0 unspecified atom stereocenters. The van der Waals surface area contributed by atoms with Crippen molar-refractivity contribution in [1.29, 1.82) is 5.26 Å². The summed E-state index contributed by atoms with van der Waals surface area (Å²) in [5.41, 5.74) is 2.62. The number of sulfonamides is 1. The number of rotatable bonds is 8. The smallest absolute Gasteiger partial charge is 0.255 e. The number of hydrogen-bond acceptors (Lipinski definition) is 5. The SMILES string of the molecule is N#CCCNS(=O)(=O)c1cccc(C(=O)Nc2ccc(Nc3ccccc3)cc2)c1. The molecule has 0 fully saturated rings. The Bertz CT molecular complexity index is 1150. The number of nitrogens with zero attached hydrogens (tertiary/aromatic N) is 1. The average molecular weight is 420 g/mol. The fourth-order valence-corrected chi connectivity index (χ4v) is 3.73. The van der Waals surface area contributed by atoms with Gasteiger partial charge in [-0.15, -0.1) is 0 Å². The van der Waals surface area contributed by atoms with Gasteiger partial charge in [0.05, 0.1) is 11.0 Å². The van der Waals surface area contributed by atoms with Crippen molar-refractivity contribution in [2.45, 2.75) is 11.3 Å². The van der Waals surface area contributed by atoms with Crippen molar-refractivity contribution < 1.29 is 13.2 Å². The van der Waals surface area contributed by atoms with E-state index >= 15 is 0 Å². The Balaban J connectivity index is 1.67. The second-order valence-corrected chi connectivity index (χ2v) is 8.12. The number of benzene rings is 3. The van der Waals surface area contributed by atoms with Crippen molar-refractivity contribution in [2.75, 3.05) is 17.2 Å². The van der Waals surface area contributed by atoms with Crippen LogP contribution in [0.15, 0.2) is 83.8 Å². The second kappa shape index (κ2) is 9.69. The molecule has 7 nitrogen and oxygen atoms in total. The molecule has 0 aliphatic rings. The van der Waals surface area contributed by atoms with Crippen molar-refractivity contribution in [3.63, 3.8) is 0 Å². The standard InChI is InChI=1S/C22H20N4O3S/c23-14-5-15-24-30(28,29)21-9-4-6-17(16-21)22(27)26-20-12-10-19(11-13-20)25-18-7-2-1-3-8-18/h1-4,6-13,16,24-25H,5,15H2,(H,26,27). The highest BCUT2D eigenvalue weighted by Crippen LogP contribution is 2.19. The first-order valence-electron chi connectivity index (χ1n) is 9.18. The summed E-state index contributed by atoms with van der Waals surface area (Å²) in [6, 6.07) is 24.5. The van der Waals surface area contributed by atoms with Crippen LogP contribution < -0.4 is 15.4 Å². The van der Waals surface area contributed by atoms with Gasteiger partial charge in [0, 0.05) is 35.6 Å². The molecule has 0 radical (unpaired) electrons. The first-order valence-corrected chi connectivity index (χ1v) is 10.7. The highest BCUT2D eigenvalue weighted by atomic mass is 32.2. The number of nitrogens with one attached hydrogen (secondary N) is 3. The third-order valence-electron chi connectivity index (χ3n) is 4.14. The van der Waals surface area contributed by atoms with Gasteiger partial charge in [-0.1, -0.05) is 24.3 Å². The molecule has 152 valence electrons. The minimum Gasteiger partial charge on any atom is -0.356 e. The van der Waals surface area contributed by atoms with Crippen LogP contribution in [0, 0.1) is 11.3 Å². The zero-order chi connectivity index (χ0) is 21.4. The first-order chi connectivity index (χ1) is 14.5. The normalized spacial score (nSPS) is 10.8. The van der Waals surface area contributed by atoms with Gasteiger partial charge < -0.3 is 10.6 Å². The van der Waals surface area contributed by atoms with Gasteiger partial charge in [0.15, 0.2) is 0 Å². The molecular weight excluding hydrogens is 400 g/mol. The summed E-state index contributed by atoms with van der Waals surface area (Å²) in [5.74, 6) is -0.423. The van der Waals surface area contributed by atoms with Crippen molar-refractivity contribution in [3.05, 3.63) is 84.4 Å². The molecule has 0 aliphatic carbocycles. The summed E-state index contributed by atoms with van der Waals surface area (Å²) in [4.78, 5) is 12.5. The van der Waals surface area contributed by atoms with E-state index in [2.05, 4.69) is 15.4 Å². The summed E-state index contributed by atoms with van der Waals surface area (Å²) >= 11 is 0. The average Bonchev–Trinajstić information content (AvgIpc) is 2.76. The number of carbonyl (C=O) groups excluding carboxylic acids is 1. The van der Waals surface area contributed by atoms with E-state index in [0.717, 1.165) is 11.4 Å². The molecule has 30 heavy (non-hydrogen) atoms. The molecule has 0 spiro atoms. The van der Waals surface area contributed by atoms with Gasteiger partial charge in [0.2, 0.25) is 10.0 Å². The van der Waals surface area contributed by atoms with E-state index in [9.17, 15) is 13.2 Å². The van der Waals surface area contributed by atoms with Crippen molar-refractivity contribution in [1.82, 2.24) is 4.72 Å². The zero-order valence-electron chi connectivity index (χ0n) is 16.0. The Morgan fingerprint density at radius 2 is 1.53 bits per heavy atom. The lowest BCUT2D eigenvalue weighted by atomic mass is 10.2. The molecule has 1 amide bonds. The van der Waals surface area contributed by atoms with Gasteiger partial charge >= 0.3 is 0 Å². The fourth-order valence-electron chi connectivity index (χ4n) is 2.66. The predicted molar refractivity (Wildman–Crippen MR) is 116 cm³/mol. The first kappa shape index (κ1) is 21.0. The summed E-state index contributed by atoms with van der Waals surface area (Å²) in [5, 5.41) is 14.5. The molecule has 0 bridgehead atoms. The number of para-hydroxylation sites is 1. The third-order valence-corrected chi connectivity index (χ3v) is 5.60. The molecule has 0 saturated carbocycles. The molecule has 3 rings (SSSR count). The second-order valence-electron chi connectivity index (χ2n) is 6.36. The molecule has 3 N–H and O–H groups in total. The van der Waals surface area contributed by atoms with E-state index in [-0.39, 0.29) is 23.4 Å². The largest absolute Gasteiger partial charge is 0.356 e. The van der Waals surface area contributed by atoms with E-state index in [1.807, 2.05) is 48.5 Å². The summed E-state index contributed by atoms with van der Waals surface area (Å²) in [7, 11) is -3.79. The van der Waals surface area contributed by atoms with Crippen LogP contribution in [-0.4, -0.2) is 20.9 Å². The maximum atomic E-state index is 12.5. The van der Waals surface area contributed by atoms with E-state index in [0.29, 0.717) is 5.69 Å². The topological polar surface area (TPSA) is 111 Å². The number of hydrogen-bond donors (Lipinski definition) is 3. The van der Waals surface area contributed by atoms with Crippen molar-refractivity contribution in [3.8, 4) is 6.07 Å². The number of nitriles is 1. The summed E-state index contributed by atoms with van der Waals surface area (Å²) in [6.07, 6.45) is 0.0640. The van der Waals surface area contributed by atoms with Gasteiger partial charge in [0.25, 0.3) is 5.91 Å². The third kappa shape index (κ3) is 5.67. The number of anilines is 3. The van der Waals surface area contributed by atoms with E-state index < -0.39 is 15.9 Å². The molecule has 0 aromatic heterocycles. The van der Waals surface area contributed by atoms with Gasteiger partial charge in [-0.05, 0) is 54.6 Å². The maximum absolute atomic E-state index is 12.5. The highest BCUT2D eigenvalue weighted by Gasteiger charge is 2.16. The molecule has 0 saturated heterocycles. The van der Waals surface area contributed by atoms with Crippen LogP contribution in [0.4, 0.5) is 17.1 Å². The monoisotopic (exact) mass is 420 g/mol. The Hall–Kier alpha value is -3.67. The number of amides is 1. The molecular formula is C22H20N4O3S. The molecule has 3 aromatic carbocycles. The summed E-state index contributed by atoms with van der Waals surface area (Å²) < 4.78 is 26.9. The predicted octanol–water partition coefficient (Wildman–Crippen LogP) is 3.87. The lowest BCUT2D eigenvalue weighted by Gasteiger charge is -2.10. The van der Waals surface area contributed by atoms with Gasteiger partial charge in [-0.25, -0.2) is 13.1 Å². The number of carbonyl (C=O) groups is 1. The molecule has 8 heteroatoms. The molecule has 0 atom stereocenters. The fraction of sp³-hybridized carbons (Fsp3) is 0.0909. The maximum Gasteiger partial charge on any atom is 0.255 e. The van der Waals surface area contributed by atoms with Crippen LogP contribution in [0.25, 0.3) is 0 Å². The van der Waals surface area contributed by atoms with E-state index in [1.54, 1.807) is 12.1 Å². The molecule has 3 aromatic rings. The van der Waals surface area contributed by atoms with Gasteiger partial charge in [0.1, 0.15) is 0 Å². The quantitative estimate of drug-likeness (QED) is 0.479. The van der Waals surface area contributed by atoms with E-state index in [1.165, 1.54) is 24.3 Å². The highest BCUT2D eigenvalue weighted by molar-refractivity contribution is 7.89. The summed E-state index contributed by atoms with van der Waals surface area (Å²) in [6.45, 7) is 0.0125. The van der Waals surface area contributed by atoms with Crippen LogP contribution in [0.3, 0.4) is 0 Å². The van der Waals surface area contributed by atoms with Gasteiger partial charge in [-0.2, -0.15) is 5.26 Å². The van der Waals surface area contributed by atoms with Gasteiger partial charge in [-0.3, -0.25) is 4.79 Å². The van der Waals surface area contributed by atoms with Crippen LogP contribution in [0.2, 0.25) is 0 Å². The molecule has 0 aliphatic heterocycles. The zero-order valence-corrected chi connectivity index (χ0v) is 16.8. The Kier molecular flexibility index (Phi) is 6.80. The minimum atomic E-state index is -3.79. The molecule has 0 heterocycles. The van der Waals surface area contributed by atoms with Crippen LogP contribution in [0.1, 0.15) is 16.8 Å². The lowest BCUT2D eigenvalue weighted by molar-refractivity contribution is 0.102. The van der Waals surface area contributed by atoms with E-state index in [4.69, 9.17) is 5.26 Å². The van der Waals surface area contributed by atoms with Crippen LogP contribution in [-0.2, 0) is 10.0 Å². The Morgan fingerprint density at radius 3 is 2.23 bits per heavy atom. The van der Waals surface area contributed by atoms with Crippen LogP contribution in [0.5, 0.6) is 0 Å². The lowest BCUT2D eigenvalue weighted by Crippen LogP contribution is -2.25. The van der Waals surface area contributed by atoms with Crippen molar-refractivity contribution in [2.24, 2.45) is 0 Å². The Labute approximate surface area is 175 Å².